The molecule has 0 spiro atoms. The Bertz CT molecular complexity index is 1000. The predicted molar refractivity (Wildman–Crippen MR) is 88.9 cm³/mol. The highest BCUT2D eigenvalue weighted by atomic mass is 35.5. The number of carboxylic acids is 1. The van der Waals surface area contributed by atoms with Crippen molar-refractivity contribution in [1.82, 2.24) is 9.78 Å². The summed E-state index contributed by atoms with van der Waals surface area (Å²) < 4.78 is 42.3. The Hall–Kier alpha value is -2.45. The Morgan fingerprint density at radius 2 is 1.92 bits per heavy atom. The molecule has 0 bridgehead atoms. The number of rotatable bonds is 4. The number of nitrogens with zero attached hydrogens (tertiary/aromatic N) is 2. The van der Waals surface area contributed by atoms with Crippen molar-refractivity contribution in [2.45, 2.75) is 12.9 Å². The maximum Gasteiger partial charge on any atom is 0.573 e. The Kier molecular flexibility index (Phi) is 4.72. The summed E-state index contributed by atoms with van der Waals surface area (Å²) in [6, 6.07) is 8.17. The van der Waals surface area contributed by atoms with Crippen molar-refractivity contribution in [3.63, 3.8) is 0 Å². The van der Waals surface area contributed by atoms with Crippen LogP contribution in [-0.2, 0) is 6.54 Å². The van der Waals surface area contributed by atoms with Gasteiger partial charge in [0.15, 0.2) is 5.69 Å². The van der Waals surface area contributed by atoms with Gasteiger partial charge in [0.05, 0.1) is 12.1 Å². The van der Waals surface area contributed by atoms with Crippen LogP contribution < -0.4 is 4.74 Å². The van der Waals surface area contributed by atoms with E-state index in [1.54, 1.807) is 12.1 Å². The van der Waals surface area contributed by atoms with Gasteiger partial charge in [0.1, 0.15) is 5.75 Å². The van der Waals surface area contributed by atoms with Gasteiger partial charge < -0.3 is 9.84 Å². The van der Waals surface area contributed by atoms with Crippen LogP contribution in [0.5, 0.6) is 5.75 Å². The van der Waals surface area contributed by atoms with E-state index in [0.29, 0.717) is 21.1 Å². The Morgan fingerprint density at radius 1 is 1.19 bits per heavy atom. The molecule has 0 aliphatic carbocycles. The van der Waals surface area contributed by atoms with Crippen LogP contribution in [0.25, 0.3) is 10.9 Å². The molecule has 0 fully saturated rings. The molecule has 136 valence electrons. The van der Waals surface area contributed by atoms with Crippen molar-refractivity contribution in [3.05, 3.63) is 57.7 Å². The van der Waals surface area contributed by atoms with E-state index >= 15 is 0 Å². The normalized spacial score (nSPS) is 11.7. The molecule has 1 aromatic heterocycles. The summed E-state index contributed by atoms with van der Waals surface area (Å²) in [5.41, 5.74) is 0.550. The zero-order chi connectivity index (χ0) is 19.1. The fraction of sp³-hybridized carbons (Fsp3) is 0.125. The third kappa shape index (κ3) is 3.86. The first kappa shape index (κ1) is 18.3. The number of carboxylic acid groups (broad SMARTS) is 1. The van der Waals surface area contributed by atoms with Crippen LogP contribution in [0.3, 0.4) is 0 Å². The highest BCUT2D eigenvalue weighted by Crippen LogP contribution is 2.29. The van der Waals surface area contributed by atoms with Crippen molar-refractivity contribution in [3.8, 4) is 5.75 Å². The average Bonchev–Trinajstić information content (AvgIpc) is 2.86. The summed E-state index contributed by atoms with van der Waals surface area (Å²) >= 11 is 12.0. The van der Waals surface area contributed by atoms with Gasteiger partial charge in [-0.15, -0.1) is 13.2 Å². The maximum atomic E-state index is 12.4. The Balaban J connectivity index is 2.07. The molecule has 0 unspecified atom stereocenters. The first-order valence-electron chi connectivity index (χ1n) is 7.07. The van der Waals surface area contributed by atoms with Gasteiger partial charge in [0, 0.05) is 15.4 Å². The van der Waals surface area contributed by atoms with Gasteiger partial charge in [-0.3, -0.25) is 4.68 Å². The largest absolute Gasteiger partial charge is 0.573 e. The van der Waals surface area contributed by atoms with E-state index in [2.05, 4.69) is 9.84 Å². The smallest absolute Gasteiger partial charge is 0.476 e. The predicted octanol–water partition coefficient (Wildman–Crippen LogP) is 4.99. The molecule has 0 aliphatic heterocycles. The topological polar surface area (TPSA) is 64.3 Å². The second-order valence-electron chi connectivity index (χ2n) is 5.27. The van der Waals surface area contributed by atoms with Crippen molar-refractivity contribution < 1.29 is 27.8 Å². The minimum atomic E-state index is -4.89. The third-order valence-corrected chi connectivity index (χ3v) is 4.08. The second kappa shape index (κ2) is 6.69. The van der Waals surface area contributed by atoms with Crippen LogP contribution >= 0.6 is 23.2 Å². The number of benzene rings is 2. The number of fused-ring (bicyclic) bond motifs is 1. The molecule has 5 nitrogen and oxygen atoms in total. The highest BCUT2D eigenvalue weighted by Gasteiger charge is 2.31. The number of hydrogen-bond acceptors (Lipinski definition) is 3. The first-order chi connectivity index (χ1) is 12.1. The van der Waals surface area contributed by atoms with Crippen molar-refractivity contribution in [2.24, 2.45) is 0 Å². The van der Waals surface area contributed by atoms with Gasteiger partial charge in [-0.2, -0.15) is 5.10 Å². The summed E-state index contributed by atoms with van der Waals surface area (Å²) in [4.78, 5) is 11.4. The average molecular weight is 405 g/mol. The molecular formula is C16H9Cl2F3N2O3. The molecule has 3 rings (SSSR count). The number of carbonyl (C=O) groups is 1. The molecule has 0 aliphatic rings. The quantitative estimate of drug-likeness (QED) is 0.665. The van der Waals surface area contributed by atoms with Crippen molar-refractivity contribution >= 4 is 40.1 Å². The fourth-order valence-electron chi connectivity index (χ4n) is 2.45. The summed E-state index contributed by atoms with van der Waals surface area (Å²) in [5, 5.41) is 14.1. The fourth-order valence-corrected chi connectivity index (χ4v) is 2.91. The van der Waals surface area contributed by atoms with Crippen LogP contribution in [0.2, 0.25) is 10.0 Å². The molecule has 0 amide bonds. The zero-order valence-electron chi connectivity index (χ0n) is 12.7. The van der Waals surface area contributed by atoms with E-state index in [-0.39, 0.29) is 11.9 Å². The first-order valence-corrected chi connectivity index (χ1v) is 7.83. The SMILES string of the molecule is O=C(O)c1nn(Cc2ccc(Cl)cc2Cl)c2ccc(OC(F)(F)F)cc12. The van der Waals surface area contributed by atoms with E-state index in [4.69, 9.17) is 23.2 Å². The van der Waals surface area contributed by atoms with Gasteiger partial charge in [-0.25, -0.2) is 4.79 Å². The summed E-state index contributed by atoms with van der Waals surface area (Å²) in [6.45, 7) is 0.110. The lowest BCUT2D eigenvalue weighted by Crippen LogP contribution is -2.17. The lowest BCUT2D eigenvalue weighted by molar-refractivity contribution is -0.274. The molecule has 0 atom stereocenters. The van der Waals surface area contributed by atoms with E-state index in [9.17, 15) is 23.1 Å². The molecule has 1 N–H and O–H groups in total. The van der Waals surface area contributed by atoms with Crippen molar-refractivity contribution in [1.29, 1.82) is 0 Å². The number of ether oxygens (including phenoxy) is 1. The van der Waals surface area contributed by atoms with Gasteiger partial charge >= 0.3 is 12.3 Å². The zero-order valence-corrected chi connectivity index (χ0v) is 14.2. The van der Waals surface area contributed by atoms with E-state index in [1.807, 2.05) is 0 Å². The van der Waals surface area contributed by atoms with Crippen LogP contribution in [-0.4, -0.2) is 27.2 Å². The van der Waals surface area contributed by atoms with E-state index in [0.717, 1.165) is 12.1 Å². The molecule has 1 heterocycles. The summed E-state index contributed by atoms with van der Waals surface area (Å²) in [5.74, 6) is -1.91. The minimum Gasteiger partial charge on any atom is -0.476 e. The lowest BCUT2D eigenvalue weighted by Gasteiger charge is -2.09. The molecular weight excluding hydrogens is 396 g/mol. The molecule has 0 saturated carbocycles. The van der Waals surface area contributed by atoms with Crippen LogP contribution in [0.1, 0.15) is 16.1 Å². The molecule has 10 heteroatoms. The van der Waals surface area contributed by atoms with Gasteiger partial charge in [0.25, 0.3) is 0 Å². The molecule has 26 heavy (non-hydrogen) atoms. The van der Waals surface area contributed by atoms with Crippen LogP contribution in [0.15, 0.2) is 36.4 Å². The van der Waals surface area contributed by atoms with Gasteiger partial charge in [-0.05, 0) is 35.9 Å². The molecule has 3 aromatic rings. The lowest BCUT2D eigenvalue weighted by atomic mass is 10.2. The molecule has 0 saturated heterocycles. The summed E-state index contributed by atoms with van der Waals surface area (Å²) in [6.07, 6.45) is -4.89. The third-order valence-electron chi connectivity index (χ3n) is 3.49. The number of aromatic nitrogens is 2. The number of halogens is 5. The Labute approximate surface area is 154 Å². The Morgan fingerprint density at radius 3 is 2.54 bits per heavy atom. The number of alkyl halides is 3. The number of hydrogen-bond donors (Lipinski definition) is 1. The van der Waals surface area contributed by atoms with Gasteiger partial charge in [-0.1, -0.05) is 29.3 Å². The van der Waals surface area contributed by atoms with Crippen LogP contribution in [0, 0.1) is 0 Å². The minimum absolute atomic E-state index is 0.0179. The van der Waals surface area contributed by atoms with Gasteiger partial charge in [0.2, 0.25) is 0 Å². The standard InChI is InChI=1S/C16H9Cl2F3N2O3/c17-9-2-1-8(12(18)5-9)7-23-13-4-3-10(26-16(19,20)21)6-11(13)14(22-23)15(24)25/h1-6H,7H2,(H,24,25). The highest BCUT2D eigenvalue weighted by molar-refractivity contribution is 6.35. The van der Waals surface area contributed by atoms with Crippen LogP contribution in [0.4, 0.5) is 13.2 Å². The second-order valence-corrected chi connectivity index (χ2v) is 6.12. The maximum absolute atomic E-state index is 12.4. The molecule has 2 aromatic carbocycles. The molecule has 0 radical (unpaired) electrons. The van der Waals surface area contributed by atoms with E-state index < -0.39 is 23.8 Å². The van der Waals surface area contributed by atoms with E-state index in [1.165, 1.54) is 16.8 Å². The van der Waals surface area contributed by atoms with Crippen molar-refractivity contribution in [2.75, 3.05) is 0 Å². The monoisotopic (exact) mass is 404 g/mol. The number of aromatic carboxylic acids is 1. The summed E-state index contributed by atoms with van der Waals surface area (Å²) in [7, 11) is 0.